The minimum atomic E-state index is -0.396. The van der Waals surface area contributed by atoms with Crippen molar-refractivity contribution in [2.24, 2.45) is 5.92 Å². The van der Waals surface area contributed by atoms with Crippen molar-refractivity contribution in [2.75, 3.05) is 18.8 Å². The van der Waals surface area contributed by atoms with E-state index >= 15 is 0 Å². The molecule has 0 N–H and O–H groups in total. The van der Waals surface area contributed by atoms with Gasteiger partial charge in [-0.2, -0.15) is 12.6 Å². The van der Waals surface area contributed by atoms with Gasteiger partial charge in [-0.25, -0.2) is 4.79 Å². The monoisotopic (exact) mass is 245 g/mol. The Morgan fingerprint density at radius 1 is 1.38 bits per heavy atom. The molecule has 1 fully saturated rings. The summed E-state index contributed by atoms with van der Waals surface area (Å²) in [7, 11) is 0. The molecule has 1 amide bonds. The van der Waals surface area contributed by atoms with Crippen LogP contribution in [-0.4, -0.2) is 35.4 Å². The number of ether oxygens (including phenoxy) is 1. The largest absolute Gasteiger partial charge is 0.444 e. The summed E-state index contributed by atoms with van der Waals surface area (Å²) in [5, 5.41) is 0. The van der Waals surface area contributed by atoms with Gasteiger partial charge in [0.1, 0.15) is 5.60 Å². The summed E-state index contributed by atoms with van der Waals surface area (Å²) < 4.78 is 5.37. The number of thiol groups is 1. The number of likely N-dealkylation sites (tertiary alicyclic amines) is 1. The summed E-state index contributed by atoms with van der Waals surface area (Å²) in [6.45, 7) is 7.33. The third-order valence-corrected chi connectivity index (χ3v) is 3.27. The Balaban J connectivity index is 2.45. The van der Waals surface area contributed by atoms with E-state index in [1.807, 2.05) is 25.7 Å². The smallest absolute Gasteiger partial charge is 0.410 e. The van der Waals surface area contributed by atoms with Crippen molar-refractivity contribution in [2.45, 2.75) is 45.6 Å². The van der Waals surface area contributed by atoms with E-state index in [1.54, 1.807) is 0 Å². The van der Waals surface area contributed by atoms with Crippen LogP contribution in [0.15, 0.2) is 0 Å². The Kier molecular flexibility index (Phi) is 4.96. The van der Waals surface area contributed by atoms with E-state index in [-0.39, 0.29) is 6.09 Å². The lowest BCUT2D eigenvalue weighted by Crippen LogP contribution is -2.37. The fourth-order valence-electron chi connectivity index (χ4n) is 1.86. The van der Waals surface area contributed by atoms with Crippen molar-refractivity contribution in [3.05, 3.63) is 0 Å². The van der Waals surface area contributed by atoms with Gasteiger partial charge < -0.3 is 9.64 Å². The third kappa shape index (κ3) is 4.64. The van der Waals surface area contributed by atoms with Gasteiger partial charge in [0.25, 0.3) is 0 Å². The zero-order valence-corrected chi connectivity index (χ0v) is 11.4. The summed E-state index contributed by atoms with van der Waals surface area (Å²) >= 11 is 4.33. The second-order valence-electron chi connectivity index (χ2n) is 5.45. The first-order chi connectivity index (χ1) is 7.42. The number of carbonyl (C=O) groups excluding carboxylic acids is 1. The lowest BCUT2D eigenvalue weighted by molar-refractivity contribution is 0.0255. The molecule has 1 saturated heterocycles. The first kappa shape index (κ1) is 13.7. The molecule has 1 atom stereocenters. The molecular formula is C12H23NO2S. The molecule has 1 aliphatic heterocycles. The molecular weight excluding hydrogens is 222 g/mol. The number of hydrogen-bond acceptors (Lipinski definition) is 3. The van der Waals surface area contributed by atoms with Crippen LogP contribution in [0.1, 0.15) is 40.0 Å². The molecule has 4 heteroatoms. The van der Waals surface area contributed by atoms with Crippen molar-refractivity contribution >= 4 is 18.7 Å². The molecule has 0 saturated carbocycles. The van der Waals surface area contributed by atoms with Gasteiger partial charge in [-0.3, -0.25) is 0 Å². The maximum Gasteiger partial charge on any atom is 0.410 e. The molecule has 1 heterocycles. The SMILES string of the molecule is CC(C)(C)OC(=O)N1CCCC(CS)CC1. The molecule has 0 spiro atoms. The van der Waals surface area contributed by atoms with E-state index in [9.17, 15) is 4.79 Å². The van der Waals surface area contributed by atoms with Gasteiger partial charge in [0, 0.05) is 13.1 Å². The highest BCUT2D eigenvalue weighted by molar-refractivity contribution is 7.80. The summed E-state index contributed by atoms with van der Waals surface area (Å²) in [4.78, 5) is 13.7. The number of rotatable bonds is 1. The van der Waals surface area contributed by atoms with E-state index in [0.717, 1.165) is 31.7 Å². The Morgan fingerprint density at radius 3 is 2.62 bits per heavy atom. The highest BCUT2D eigenvalue weighted by Gasteiger charge is 2.24. The molecule has 16 heavy (non-hydrogen) atoms. The molecule has 0 radical (unpaired) electrons. The Labute approximate surface area is 104 Å². The van der Waals surface area contributed by atoms with E-state index in [1.165, 1.54) is 6.42 Å². The van der Waals surface area contributed by atoms with Crippen LogP contribution in [-0.2, 0) is 4.74 Å². The van der Waals surface area contributed by atoms with Crippen LogP contribution in [0.5, 0.6) is 0 Å². The van der Waals surface area contributed by atoms with Gasteiger partial charge in [0.2, 0.25) is 0 Å². The molecule has 1 rings (SSSR count). The summed E-state index contributed by atoms with van der Waals surface area (Å²) in [5.41, 5.74) is -0.396. The van der Waals surface area contributed by atoms with E-state index in [0.29, 0.717) is 5.92 Å². The van der Waals surface area contributed by atoms with Crippen molar-refractivity contribution < 1.29 is 9.53 Å². The van der Waals surface area contributed by atoms with Crippen molar-refractivity contribution in [1.82, 2.24) is 4.90 Å². The van der Waals surface area contributed by atoms with Gasteiger partial charge >= 0.3 is 6.09 Å². The second-order valence-corrected chi connectivity index (χ2v) is 5.81. The zero-order chi connectivity index (χ0) is 12.2. The fraction of sp³-hybridized carbons (Fsp3) is 0.917. The lowest BCUT2D eigenvalue weighted by atomic mass is 10.0. The first-order valence-electron chi connectivity index (χ1n) is 6.01. The number of nitrogens with zero attached hydrogens (tertiary/aromatic N) is 1. The average Bonchev–Trinajstić information content (AvgIpc) is 2.39. The molecule has 94 valence electrons. The molecule has 1 unspecified atom stereocenters. The van der Waals surface area contributed by atoms with Crippen LogP contribution >= 0.6 is 12.6 Å². The Morgan fingerprint density at radius 2 is 2.06 bits per heavy atom. The quantitative estimate of drug-likeness (QED) is 0.720. The van der Waals surface area contributed by atoms with Gasteiger partial charge in [0.05, 0.1) is 0 Å². The lowest BCUT2D eigenvalue weighted by Gasteiger charge is -2.26. The maximum atomic E-state index is 11.8. The fourth-order valence-corrected chi connectivity index (χ4v) is 2.22. The molecule has 0 aromatic rings. The van der Waals surface area contributed by atoms with Gasteiger partial charge in [-0.05, 0) is 51.7 Å². The predicted octanol–water partition coefficient (Wildman–Crippen LogP) is 2.95. The highest BCUT2D eigenvalue weighted by Crippen LogP contribution is 2.20. The van der Waals surface area contributed by atoms with Crippen LogP contribution in [0.25, 0.3) is 0 Å². The Hall–Kier alpha value is -0.380. The molecule has 0 aliphatic carbocycles. The summed E-state index contributed by atoms with van der Waals surface area (Å²) in [5.74, 6) is 1.57. The van der Waals surface area contributed by atoms with E-state index in [4.69, 9.17) is 4.74 Å². The van der Waals surface area contributed by atoms with Crippen LogP contribution in [0, 0.1) is 5.92 Å². The third-order valence-electron chi connectivity index (χ3n) is 2.76. The summed E-state index contributed by atoms with van der Waals surface area (Å²) in [6, 6.07) is 0. The molecule has 1 aliphatic rings. The van der Waals surface area contributed by atoms with Crippen molar-refractivity contribution in [1.29, 1.82) is 0 Å². The standard InChI is InChI=1S/C12H23NO2S/c1-12(2,3)15-11(14)13-7-4-5-10(9-16)6-8-13/h10,16H,4-9H2,1-3H3. The summed E-state index contributed by atoms with van der Waals surface area (Å²) in [6.07, 6.45) is 3.10. The predicted molar refractivity (Wildman–Crippen MR) is 69.0 cm³/mol. The zero-order valence-electron chi connectivity index (χ0n) is 10.5. The van der Waals surface area contributed by atoms with Gasteiger partial charge in [-0.1, -0.05) is 0 Å². The molecule has 3 nitrogen and oxygen atoms in total. The Bertz CT molecular complexity index is 238. The van der Waals surface area contributed by atoms with Crippen LogP contribution in [0.2, 0.25) is 0 Å². The highest BCUT2D eigenvalue weighted by atomic mass is 32.1. The van der Waals surface area contributed by atoms with E-state index < -0.39 is 5.60 Å². The normalized spacial score (nSPS) is 22.8. The topological polar surface area (TPSA) is 29.5 Å². The second kappa shape index (κ2) is 5.80. The minimum absolute atomic E-state index is 0.174. The molecule has 0 bridgehead atoms. The average molecular weight is 245 g/mol. The number of hydrogen-bond donors (Lipinski definition) is 1. The minimum Gasteiger partial charge on any atom is -0.444 e. The maximum absolute atomic E-state index is 11.8. The number of carbonyl (C=O) groups is 1. The van der Waals surface area contributed by atoms with Crippen molar-refractivity contribution in [3.8, 4) is 0 Å². The molecule has 0 aromatic heterocycles. The van der Waals surface area contributed by atoms with Gasteiger partial charge in [0.15, 0.2) is 0 Å². The molecule has 0 aromatic carbocycles. The van der Waals surface area contributed by atoms with Crippen LogP contribution in [0.3, 0.4) is 0 Å². The van der Waals surface area contributed by atoms with Crippen LogP contribution < -0.4 is 0 Å². The number of amides is 1. The first-order valence-corrected chi connectivity index (χ1v) is 6.64. The van der Waals surface area contributed by atoms with Crippen molar-refractivity contribution in [3.63, 3.8) is 0 Å². The van der Waals surface area contributed by atoms with E-state index in [2.05, 4.69) is 12.6 Å². The van der Waals surface area contributed by atoms with Crippen LogP contribution in [0.4, 0.5) is 4.79 Å². The van der Waals surface area contributed by atoms with Gasteiger partial charge in [-0.15, -0.1) is 0 Å².